The summed E-state index contributed by atoms with van der Waals surface area (Å²) >= 11 is 0. The lowest BCUT2D eigenvalue weighted by Gasteiger charge is -2.01. The maximum Gasteiger partial charge on any atom is 0.261 e. The number of rotatable bonds is 6. The van der Waals surface area contributed by atoms with Crippen LogP contribution in [0.3, 0.4) is 0 Å². The first-order chi connectivity index (χ1) is 14.7. The van der Waals surface area contributed by atoms with Crippen molar-refractivity contribution in [2.24, 2.45) is 0 Å². The van der Waals surface area contributed by atoms with Gasteiger partial charge in [-0.2, -0.15) is 0 Å². The zero-order valence-electron chi connectivity index (χ0n) is 16.0. The van der Waals surface area contributed by atoms with Gasteiger partial charge >= 0.3 is 0 Å². The molecule has 8 nitrogen and oxygen atoms in total. The molecule has 3 aromatic heterocycles. The summed E-state index contributed by atoms with van der Waals surface area (Å²) in [4.78, 5) is 32.3. The number of fused-ring (bicyclic) bond motifs is 1. The van der Waals surface area contributed by atoms with Crippen LogP contribution in [0.4, 0.5) is 0 Å². The van der Waals surface area contributed by atoms with Crippen LogP contribution in [0.2, 0.25) is 0 Å². The van der Waals surface area contributed by atoms with E-state index >= 15 is 0 Å². The number of carbonyl (C=O) groups is 2. The van der Waals surface area contributed by atoms with Crippen LogP contribution in [-0.4, -0.2) is 36.8 Å². The molecule has 0 unspecified atom stereocenters. The third-order valence-corrected chi connectivity index (χ3v) is 5.19. The van der Waals surface area contributed by atoms with Crippen molar-refractivity contribution in [1.29, 1.82) is 0 Å². The molecule has 0 fully saturated rings. The fourth-order valence-electron chi connectivity index (χ4n) is 3.75. The van der Waals surface area contributed by atoms with E-state index in [1.165, 1.54) is 5.56 Å². The Morgan fingerprint density at radius 1 is 0.967 bits per heavy atom. The highest BCUT2D eigenvalue weighted by Gasteiger charge is 2.34. The van der Waals surface area contributed by atoms with Gasteiger partial charge in [0.15, 0.2) is 0 Å². The molecule has 1 aromatic carbocycles. The largest absolute Gasteiger partial charge is 0.361 e. The number of aryl methyl sites for hydroxylation is 2. The van der Waals surface area contributed by atoms with Crippen molar-refractivity contribution in [2.45, 2.75) is 19.4 Å². The Bertz CT molecular complexity index is 1290. The number of aromatic nitrogens is 5. The minimum Gasteiger partial charge on any atom is -0.361 e. The summed E-state index contributed by atoms with van der Waals surface area (Å²) in [6, 6.07) is 11.6. The van der Waals surface area contributed by atoms with Crippen LogP contribution in [0.25, 0.3) is 22.0 Å². The van der Waals surface area contributed by atoms with E-state index in [9.17, 15) is 9.59 Å². The lowest BCUT2D eigenvalue weighted by Crippen LogP contribution is -2.22. The molecule has 1 aliphatic rings. The molecule has 0 saturated heterocycles. The fraction of sp³-hybridized carbons (Fsp3) is 0.136. The van der Waals surface area contributed by atoms with Crippen molar-refractivity contribution in [2.75, 3.05) is 0 Å². The number of nitrogens with one attached hydrogen (secondary N) is 2. The highest BCUT2D eigenvalue weighted by atomic mass is 16.2. The topological polar surface area (TPSA) is 106 Å². The van der Waals surface area contributed by atoms with Crippen molar-refractivity contribution >= 4 is 33.9 Å². The van der Waals surface area contributed by atoms with E-state index in [4.69, 9.17) is 0 Å². The normalized spacial score (nSPS) is 14.0. The molecule has 0 aliphatic carbocycles. The van der Waals surface area contributed by atoms with Gasteiger partial charge in [-0.05, 0) is 36.6 Å². The summed E-state index contributed by atoms with van der Waals surface area (Å²) < 4.78 is 1.70. The van der Waals surface area contributed by atoms with Gasteiger partial charge in [0.1, 0.15) is 5.69 Å². The minimum absolute atomic E-state index is 0.255. The van der Waals surface area contributed by atoms with E-state index in [1.54, 1.807) is 29.5 Å². The first kappa shape index (κ1) is 18.0. The second-order valence-electron chi connectivity index (χ2n) is 7.11. The van der Waals surface area contributed by atoms with Crippen LogP contribution < -0.4 is 5.32 Å². The van der Waals surface area contributed by atoms with E-state index in [0.29, 0.717) is 23.4 Å². The molecule has 2 amide bonds. The van der Waals surface area contributed by atoms with Gasteiger partial charge < -0.3 is 4.98 Å². The lowest BCUT2D eigenvalue weighted by atomic mass is 9.99. The summed E-state index contributed by atoms with van der Waals surface area (Å²) in [5.74, 6) is -0.879. The summed E-state index contributed by atoms with van der Waals surface area (Å²) in [5.41, 5.74) is 3.74. The predicted molar refractivity (Wildman–Crippen MR) is 111 cm³/mol. The van der Waals surface area contributed by atoms with Crippen LogP contribution in [0.15, 0.2) is 61.2 Å². The molecule has 0 saturated carbocycles. The monoisotopic (exact) mass is 398 g/mol. The van der Waals surface area contributed by atoms with Crippen molar-refractivity contribution in [3.8, 4) is 0 Å². The Morgan fingerprint density at radius 2 is 1.77 bits per heavy atom. The number of imide groups is 1. The maximum absolute atomic E-state index is 12.6. The summed E-state index contributed by atoms with van der Waals surface area (Å²) in [7, 11) is 0. The number of pyridine rings is 1. The molecular formula is C22H18N6O2. The molecule has 0 spiro atoms. The van der Waals surface area contributed by atoms with Crippen molar-refractivity contribution in [1.82, 2.24) is 30.3 Å². The summed E-state index contributed by atoms with van der Waals surface area (Å²) in [6.45, 7) is 0.653. The molecular weight excluding hydrogens is 380 g/mol. The molecule has 0 bridgehead atoms. The van der Waals surface area contributed by atoms with Crippen molar-refractivity contribution < 1.29 is 9.59 Å². The number of nitrogens with zero attached hydrogens (tertiary/aromatic N) is 4. The van der Waals surface area contributed by atoms with Crippen LogP contribution in [0.5, 0.6) is 0 Å². The molecule has 0 radical (unpaired) electrons. The number of aromatic amines is 1. The van der Waals surface area contributed by atoms with E-state index in [1.807, 2.05) is 36.4 Å². The summed E-state index contributed by atoms with van der Waals surface area (Å²) in [6.07, 6.45) is 8.77. The van der Waals surface area contributed by atoms with Gasteiger partial charge in [0.2, 0.25) is 0 Å². The Balaban J connectivity index is 1.44. The fourth-order valence-corrected chi connectivity index (χ4v) is 3.75. The first-order valence-electron chi connectivity index (χ1n) is 9.66. The number of para-hydroxylation sites is 1. The van der Waals surface area contributed by atoms with Crippen LogP contribution >= 0.6 is 0 Å². The highest BCUT2D eigenvalue weighted by Crippen LogP contribution is 2.34. The first-order valence-corrected chi connectivity index (χ1v) is 9.66. The number of amides is 2. The van der Waals surface area contributed by atoms with E-state index in [-0.39, 0.29) is 5.57 Å². The average molecular weight is 398 g/mol. The maximum atomic E-state index is 12.6. The van der Waals surface area contributed by atoms with Crippen molar-refractivity contribution in [3.05, 3.63) is 78.0 Å². The van der Waals surface area contributed by atoms with Crippen LogP contribution in [0.1, 0.15) is 23.2 Å². The number of carbonyl (C=O) groups excluding carboxylic acids is 2. The van der Waals surface area contributed by atoms with E-state index in [0.717, 1.165) is 23.7 Å². The molecule has 5 rings (SSSR count). The van der Waals surface area contributed by atoms with Gasteiger partial charge in [-0.3, -0.25) is 24.6 Å². The number of benzene rings is 1. The predicted octanol–water partition coefficient (Wildman–Crippen LogP) is 2.35. The zero-order chi connectivity index (χ0) is 20.5. The van der Waals surface area contributed by atoms with Gasteiger partial charge in [0.25, 0.3) is 11.8 Å². The quantitative estimate of drug-likeness (QED) is 0.485. The highest BCUT2D eigenvalue weighted by molar-refractivity contribution is 6.49. The standard InChI is InChI=1S/C22H18N6O2/c29-21-19(16-12-24-17-6-2-1-5-15(16)17)20(22(30)25-21)18-13-28(27-26-18)11-3-4-14-7-9-23-10-8-14/h1-2,5-10,12-13,24H,3-4,11H2,(H,25,29,30). The Kier molecular flexibility index (Phi) is 4.44. The SMILES string of the molecule is O=C1NC(=O)C(c2c[nH]c3ccccc23)=C1c1cn(CCCc2ccncc2)nn1. The second-order valence-corrected chi connectivity index (χ2v) is 7.11. The van der Waals surface area contributed by atoms with Gasteiger partial charge in [-0.15, -0.1) is 5.10 Å². The third-order valence-electron chi connectivity index (χ3n) is 5.19. The molecule has 4 heterocycles. The van der Waals surface area contributed by atoms with Crippen LogP contribution in [-0.2, 0) is 22.6 Å². The molecule has 0 atom stereocenters. The van der Waals surface area contributed by atoms with E-state index in [2.05, 4.69) is 25.6 Å². The summed E-state index contributed by atoms with van der Waals surface area (Å²) in [5, 5.41) is 11.6. The molecule has 30 heavy (non-hydrogen) atoms. The average Bonchev–Trinajstić information content (AvgIpc) is 3.46. The Hall–Kier alpha value is -4.07. The van der Waals surface area contributed by atoms with Gasteiger partial charge in [0.05, 0.1) is 17.3 Å². The molecule has 4 aromatic rings. The zero-order valence-corrected chi connectivity index (χ0v) is 16.0. The van der Waals surface area contributed by atoms with Gasteiger partial charge in [-0.25, -0.2) is 0 Å². The Labute approximate surface area is 171 Å². The number of hydrogen-bond acceptors (Lipinski definition) is 5. The number of hydrogen-bond donors (Lipinski definition) is 2. The lowest BCUT2D eigenvalue weighted by molar-refractivity contribution is -0.122. The smallest absolute Gasteiger partial charge is 0.261 e. The van der Waals surface area contributed by atoms with Crippen LogP contribution in [0, 0.1) is 0 Å². The van der Waals surface area contributed by atoms with Crippen molar-refractivity contribution in [3.63, 3.8) is 0 Å². The molecule has 8 heteroatoms. The Morgan fingerprint density at radius 3 is 2.63 bits per heavy atom. The molecule has 148 valence electrons. The molecule has 1 aliphatic heterocycles. The van der Waals surface area contributed by atoms with Gasteiger partial charge in [-0.1, -0.05) is 23.4 Å². The molecule has 2 N–H and O–H groups in total. The number of H-pyrrole nitrogens is 1. The minimum atomic E-state index is -0.455. The van der Waals surface area contributed by atoms with Gasteiger partial charge in [0, 0.05) is 41.6 Å². The third kappa shape index (κ3) is 3.18. The van der Waals surface area contributed by atoms with E-state index < -0.39 is 11.8 Å². The second kappa shape index (κ2) is 7.40.